The number of hydrogen-bond acceptors (Lipinski definition) is 1. The first-order valence-electron chi connectivity index (χ1n) is 17.3. The van der Waals surface area contributed by atoms with Crippen LogP contribution in [0.5, 0.6) is 0 Å². The summed E-state index contributed by atoms with van der Waals surface area (Å²) in [5.74, 6) is 0. The van der Waals surface area contributed by atoms with Crippen molar-refractivity contribution in [2.24, 2.45) is 0 Å². The third-order valence-corrected chi connectivity index (χ3v) is 8.06. The quantitative estimate of drug-likeness (QED) is 0.0780. The first-order valence-corrected chi connectivity index (χ1v) is 17.3. The van der Waals surface area contributed by atoms with Crippen molar-refractivity contribution in [1.29, 1.82) is 0 Å². The van der Waals surface area contributed by atoms with Gasteiger partial charge in [0.2, 0.25) is 0 Å². The fourth-order valence-corrected chi connectivity index (χ4v) is 5.58. The van der Waals surface area contributed by atoms with Crippen molar-refractivity contribution in [3.8, 4) is 0 Å². The predicted molar refractivity (Wildman–Crippen MR) is 163 cm³/mol. The molecule has 0 aromatic carbocycles. The lowest BCUT2D eigenvalue weighted by atomic mass is 10.0. The van der Waals surface area contributed by atoms with Crippen LogP contribution in [0.1, 0.15) is 194 Å². The Morgan fingerprint density at radius 2 is 0.553 bits per heavy atom. The van der Waals surface area contributed by atoms with Crippen LogP contribution in [0.4, 0.5) is 13.2 Å². The van der Waals surface area contributed by atoms with Crippen molar-refractivity contribution in [1.82, 2.24) is 4.90 Å². The molecule has 0 aliphatic heterocycles. The maximum Gasteiger partial charge on any atom is 0.401 e. The largest absolute Gasteiger partial charge is 0.401 e. The molecule has 4 heteroatoms. The highest BCUT2D eigenvalue weighted by Gasteiger charge is 2.30. The number of halogens is 3. The fraction of sp³-hybridized carbons (Fsp3) is 1.00. The summed E-state index contributed by atoms with van der Waals surface area (Å²) in [6.07, 6.45) is 32.0. The van der Waals surface area contributed by atoms with E-state index in [1.54, 1.807) is 4.90 Å². The maximum absolute atomic E-state index is 13.0. The topological polar surface area (TPSA) is 3.24 Å². The van der Waals surface area contributed by atoms with Gasteiger partial charge in [-0.3, -0.25) is 4.90 Å². The van der Waals surface area contributed by atoms with Crippen LogP contribution >= 0.6 is 0 Å². The second kappa shape index (κ2) is 29.7. The molecule has 0 rings (SSSR count). The Morgan fingerprint density at radius 1 is 0.342 bits per heavy atom. The molecule has 38 heavy (non-hydrogen) atoms. The molecule has 0 spiro atoms. The molecule has 230 valence electrons. The van der Waals surface area contributed by atoms with Gasteiger partial charge in [-0.15, -0.1) is 0 Å². The van der Waals surface area contributed by atoms with Crippen LogP contribution in [-0.2, 0) is 0 Å². The number of nitrogens with zero attached hydrogens (tertiary/aromatic N) is 1. The van der Waals surface area contributed by atoms with Gasteiger partial charge in [-0.25, -0.2) is 0 Å². The van der Waals surface area contributed by atoms with Crippen molar-refractivity contribution < 1.29 is 13.2 Å². The second-order valence-electron chi connectivity index (χ2n) is 12.1. The van der Waals surface area contributed by atoms with Crippen LogP contribution in [0, 0.1) is 0 Å². The van der Waals surface area contributed by atoms with Crippen molar-refractivity contribution >= 4 is 0 Å². The summed E-state index contributed by atoms with van der Waals surface area (Å²) in [6.45, 7) is 5.01. The molecule has 0 aromatic rings. The molecule has 0 fully saturated rings. The third kappa shape index (κ3) is 32.0. The van der Waals surface area contributed by atoms with E-state index in [9.17, 15) is 13.2 Å². The highest BCUT2D eigenvalue weighted by molar-refractivity contribution is 4.64. The molecule has 0 atom stereocenters. The van der Waals surface area contributed by atoms with E-state index in [1.165, 1.54) is 154 Å². The predicted octanol–water partition coefficient (Wildman–Crippen LogP) is 12.8. The molecule has 0 aliphatic carbocycles. The van der Waals surface area contributed by atoms with E-state index < -0.39 is 12.7 Å². The summed E-state index contributed by atoms with van der Waals surface area (Å²) in [5, 5.41) is 0. The highest BCUT2D eigenvalue weighted by Crippen LogP contribution is 2.19. The summed E-state index contributed by atoms with van der Waals surface area (Å²) in [5.41, 5.74) is 0. The molecule has 0 saturated heterocycles. The SMILES string of the molecule is CCCCCCCCCCCCCCCCN(CCCCCCCCCCCCCCCC)CC(F)(F)F. The molecule has 0 heterocycles. The lowest BCUT2D eigenvalue weighted by molar-refractivity contribution is -0.146. The lowest BCUT2D eigenvalue weighted by Gasteiger charge is -2.23. The van der Waals surface area contributed by atoms with Gasteiger partial charge in [-0.05, 0) is 25.9 Å². The molecular formula is C34H68F3N. The van der Waals surface area contributed by atoms with E-state index in [4.69, 9.17) is 0 Å². The number of alkyl halides is 3. The van der Waals surface area contributed by atoms with Crippen LogP contribution in [0.15, 0.2) is 0 Å². The van der Waals surface area contributed by atoms with Crippen molar-refractivity contribution in [2.45, 2.75) is 200 Å². The normalized spacial score (nSPS) is 12.2. The van der Waals surface area contributed by atoms with E-state index in [2.05, 4.69) is 13.8 Å². The molecule has 1 nitrogen and oxygen atoms in total. The minimum atomic E-state index is -4.08. The van der Waals surface area contributed by atoms with Gasteiger partial charge in [-0.2, -0.15) is 13.2 Å². The van der Waals surface area contributed by atoms with E-state index in [0.29, 0.717) is 13.1 Å². The monoisotopic (exact) mass is 548 g/mol. The van der Waals surface area contributed by atoms with Crippen LogP contribution < -0.4 is 0 Å². The van der Waals surface area contributed by atoms with Crippen molar-refractivity contribution in [3.05, 3.63) is 0 Å². The zero-order valence-corrected chi connectivity index (χ0v) is 26.0. The second-order valence-corrected chi connectivity index (χ2v) is 12.1. The van der Waals surface area contributed by atoms with Crippen molar-refractivity contribution in [3.63, 3.8) is 0 Å². The van der Waals surface area contributed by atoms with Gasteiger partial charge in [0.1, 0.15) is 0 Å². The Labute approximate surface area is 237 Å². The first kappa shape index (κ1) is 37.8. The summed E-state index contributed by atoms with van der Waals surface area (Å²) in [6, 6.07) is 0. The molecule has 0 bridgehead atoms. The van der Waals surface area contributed by atoms with Gasteiger partial charge in [0.25, 0.3) is 0 Å². The van der Waals surface area contributed by atoms with E-state index in [1.807, 2.05) is 0 Å². The number of unbranched alkanes of at least 4 members (excludes halogenated alkanes) is 26. The van der Waals surface area contributed by atoms with Gasteiger partial charge in [0.05, 0.1) is 6.54 Å². The summed E-state index contributed by atoms with van der Waals surface area (Å²) < 4.78 is 39.1. The Kier molecular flexibility index (Phi) is 29.5. The Balaban J connectivity index is 3.60. The molecule has 0 amide bonds. The molecule has 0 aromatic heterocycles. The molecule has 0 aliphatic rings. The average Bonchev–Trinajstić information content (AvgIpc) is 2.88. The van der Waals surface area contributed by atoms with E-state index in [-0.39, 0.29) is 0 Å². The minimum Gasteiger partial charge on any atom is -0.295 e. The van der Waals surface area contributed by atoms with Gasteiger partial charge >= 0.3 is 6.18 Å². The highest BCUT2D eigenvalue weighted by atomic mass is 19.4. The number of rotatable bonds is 31. The lowest BCUT2D eigenvalue weighted by Crippen LogP contribution is -2.35. The average molecular weight is 548 g/mol. The van der Waals surface area contributed by atoms with Gasteiger partial charge in [0.15, 0.2) is 0 Å². The summed E-state index contributed by atoms with van der Waals surface area (Å²) in [4.78, 5) is 1.67. The summed E-state index contributed by atoms with van der Waals surface area (Å²) in [7, 11) is 0. The standard InChI is InChI=1S/C34H68F3N/c1-3-5-7-9-11-13-15-17-19-21-23-25-27-29-31-38(33-34(35,36)37)32-30-28-26-24-22-20-18-16-14-12-10-8-6-4-2/h3-33H2,1-2H3. The van der Waals surface area contributed by atoms with E-state index >= 15 is 0 Å². The zero-order chi connectivity index (χ0) is 28.0. The Morgan fingerprint density at radius 3 is 0.763 bits per heavy atom. The molecule has 0 radical (unpaired) electrons. The first-order chi connectivity index (χ1) is 18.5. The minimum absolute atomic E-state index is 0.607. The van der Waals surface area contributed by atoms with Gasteiger partial charge in [0, 0.05) is 0 Å². The maximum atomic E-state index is 13.0. The molecular weight excluding hydrogens is 479 g/mol. The summed E-state index contributed by atoms with van der Waals surface area (Å²) >= 11 is 0. The molecule has 0 unspecified atom stereocenters. The third-order valence-electron chi connectivity index (χ3n) is 8.06. The smallest absolute Gasteiger partial charge is 0.295 e. The van der Waals surface area contributed by atoms with Crippen molar-refractivity contribution in [2.75, 3.05) is 19.6 Å². The van der Waals surface area contributed by atoms with Crippen LogP contribution in [0.2, 0.25) is 0 Å². The molecule has 0 saturated carbocycles. The molecule has 0 N–H and O–H groups in total. The van der Waals surface area contributed by atoms with Crippen LogP contribution in [-0.4, -0.2) is 30.7 Å². The van der Waals surface area contributed by atoms with Crippen LogP contribution in [0.25, 0.3) is 0 Å². The van der Waals surface area contributed by atoms with Gasteiger partial charge in [-0.1, -0.05) is 181 Å². The van der Waals surface area contributed by atoms with Gasteiger partial charge < -0.3 is 0 Å². The van der Waals surface area contributed by atoms with Crippen LogP contribution in [0.3, 0.4) is 0 Å². The van der Waals surface area contributed by atoms with E-state index in [0.717, 1.165) is 25.7 Å². The fourth-order valence-electron chi connectivity index (χ4n) is 5.58. The Bertz CT molecular complexity index is 406. The zero-order valence-electron chi connectivity index (χ0n) is 26.0. The Hall–Kier alpha value is -0.250. The number of hydrogen-bond donors (Lipinski definition) is 0.